The number of nitrogens with zero attached hydrogens (tertiary/aromatic N) is 2. The van der Waals surface area contributed by atoms with Crippen LogP contribution in [0.15, 0.2) is 6.33 Å². The summed E-state index contributed by atoms with van der Waals surface area (Å²) < 4.78 is 24.1. The van der Waals surface area contributed by atoms with Crippen molar-refractivity contribution >= 4 is 47.4 Å². The van der Waals surface area contributed by atoms with Gasteiger partial charge in [0.2, 0.25) is 11.8 Å². The molecule has 0 aliphatic carbocycles. The number of rotatable bonds is 24. The molecule has 3 aliphatic heterocycles. The van der Waals surface area contributed by atoms with Crippen LogP contribution in [0, 0.1) is 12.3 Å². The van der Waals surface area contributed by atoms with E-state index in [1.54, 1.807) is 11.5 Å². The average Bonchev–Trinajstić information content (AvgIpc) is 3.88. The van der Waals surface area contributed by atoms with Crippen molar-refractivity contribution in [3.8, 4) is 0 Å². The van der Waals surface area contributed by atoms with Gasteiger partial charge in [0.1, 0.15) is 12.0 Å². The Kier molecular flexibility index (Phi) is 20.5. The van der Waals surface area contributed by atoms with Crippen LogP contribution in [0.1, 0.15) is 76.0 Å². The van der Waals surface area contributed by atoms with Crippen LogP contribution in [0.3, 0.4) is 0 Å². The Hall–Kier alpha value is -2.55. The predicted molar refractivity (Wildman–Crippen MR) is 197 cm³/mol. The van der Waals surface area contributed by atoms with Gasteiger partial charge in [-0.25, -0.2) is 14.6 Å². The van der Waals surface area contributed by atoms with Crippen LogP contribution in [0.4, 0.5) is 15.4 Å². The maximum absolute atomic E-state index is 13.0. The van der Waals surface area contributed by atoms with Crippen molar-refractivity contribution in [1.29, 1.82) is 0 Å². The fraction of sp³-hybridized carbons (Fsp3) is 0.735. The summed E-state index contributed by atoms with van der Waals surface area (Å²) in [7, 11) is 0. The van der Waals surface area contributed by atoms with Crippen molar-refractivity contribution in [3.63, 3.8) is 0 Å². The van der Waals surface area contributed by atoms with Crippen molar-refractivity contribution in [3.05, 3.63) is 18.4 Å². The molecule has 1 aromatic rings. The number of primary amides is 1. The van der Waals surface area contributed by atoms with Gasteiger partial charge in [0.05, 0.1) is 58.1 Å². The number of carbonyl (C=O) groups is 5. The third kappa shape index (κ3) is 14.8. The Labute approximate surface area is 346 Å². The van der Waals surface area contributed by atoms with E-state index in [0.717, 1.165) is 31.4 Å². The number of carbonyl (C=O) groups excluding carboxylic acids is 5. The second-order valence-electron chi connectivity index (χ2n) is 13.3. The first-order valence-corrected chi connectivity index (χ1v) is 19.5. The van der Waals surface area contributed by atoms with E-state index < -0.39 is 24.2 Å². The zero-order valence-electron chi connectivity index (χ0n) is 31.4. The van der Waals surface area contributed by atoms with Crippen LogP contribution in [0.25, 0.3) is 0 Å². The molecule has 0 spiro atoms. The summed E-state index contributed by atoms with van der Waals surface area (Å²) in [5.74, 6) is 0.253. The molecule has 3 aliphatic rings. The van der Waals surface area contributed by atoms with Gasteiger partial charge in [-0.05, 0) is 19.8 Å². The topological polar surface area (TPSA) is 238 Å². The monoisotopic (exact) mass is 855 g/mol. The van der Waals surface area contributed by atoms with Gasteiger partial charge >= 0.3 is 12.1 Å². The SMILES string of the molecule is CC[C@@H]1[CH-][C@H](C)[C@H](n2cnc(C(=O)N[C@@H](C)CC(=O)NCCOCCOCCOCCNC(=O)CCCC[C@@H]3SC[C@H]4NC(=O)N[C@@H]34)c2NC(N)=O)O1.[Y]. The molecule has 7 atom stereocenters. The zero-order valence-corrected chi connectivity index (χ0v) is 35.1. The van der Waals surface area contributed by atoms with Crippen molar-refractivity contribution in [1.82, 2.24) is 36.1 Å². The minimum Gasteiger partial charge on any atom is -0.389 e. The molecule has 54 heavy (non-hydrogen) atoms. The smallest absolute Gasteiger partial charge is 0.317 e. The number of thioether (sulfide) groups is 1. The van der Waals surface area contributed by atoms with Gasteiger partial charge in [0.15, 0.2) is 5.69 Å². The van der Waals surface area contributed by atoms with E-state index in [9.17, 15) is 24.0 Å². The Morgan fingerprint density at radius 2 is 1.72 bits per heavy atom. The van der Waals surface area contributed by atoms with E-state index in [1.807, 2.05) is 25.6 Å². The predicted octanol–water partition coefficient (Wildman–Crippen LogP) is 1.04. The number of nitrogens with two attached hydrogens (primary N) is 1. The molecule has 3 saturated heterocycles. The Morgan fingerprint density at radius 1 is 1.06 bits per heavy atom. The number of ether oxygens (including phenoxy) is 4. The van der Waals surface area contributed by atoms with Crippen LogP contribution in [-0.4, -0.2) is 127 Å². The number of amides is 7. The van der Waals surface area contributed by atoms with Crippen LogP contribution in [0.2, 0.25) is 0 Å². The van der Waals surface area contributed by atoms with E-state index in [-0.39, 0.29) is 92.6 Å². The first-order valence-electron chi connectivity index (χ1n) is 18.5. The number of hydrogen-bond acceptors (Lipinski definition) is 11. The molecule has 20 heteroatoms. The molecule has 301 valence electrons. The maximum Gasteiger partial charge on any atom is 0.317 e. The van der Waals surface area contributed by atoms with Crippen molar-refractivity contribution in [2.75, 3.05) is 63.8 Å². The van der Waals surface area contributed by atoms with Crippen molar-refractivity contribution in [2.24, 2.45) is 11.7 Å². The van der Waals surface area contributed by atoms with Crippen LogP contribution in [0.5, 0.6) is 0 Å². The van der Waals surface area contributed by atoms with E-state index in [2.05, 4.69) is 43.3 Å². The summed E-state index contributed by atoms with van der Waals surface area (Å²) >= 11 is 1.88. The van der Waals surface area contributed by atoms with Crippen molar-refractivity contribution in [2.45, 2.75) is 95.0 Å². The Balaban J connectivity index is 0.00000784. The quantitative estimate of drug-likeness (QED) is 0.0441. The summed E-state index contributed by atoms with van der Waals surface area (Å²) in [4.78, 5) is 64.9. The van der Waals surface area contributed by atoms with Gasteiger partial charge in [0, 0.05) is 75.7 Å². The molecule has 0 aromatic carbocycles. The third-order valence-corrected chi connectivity index (χ3v) is 10.5. The molecule has 1 aromatic heterocycles. The first kappa shape index (κ1) is 45.8. The number of nitrogens with one attached hydrogen (secondary N) is 6. The first-order chi connectivity index (χ1) is 25.5. The van der Waals surface area contributed by atoms with Gasteiger partial charge < -0.3 is 51.3 Å². The van der Waals surface area contributed by atoms with E-state index in [4.69, 9.17) is 24.7 Å². The number of hydrogen-bond donors (Lipinski definition) is 7. The zero-order chi connectivity index (χ0) is 38.2. The maximum atomic E-state index is 13.0. The fourth-order valence-electron chi connectivity index (χ4n) is 6.42. The summed E-state index contributed by atoms with van der Waals surface area (Å²) in [5.41, 5.74) is 5.34. The fourth-order valence-corrected chi connectivity index (χ4v) is 7.96. The molecule has 18 nitrogen and oxygen atoms in total. The normalized spacial score (nSPS) is 23.4. The molecular formula is C34H56N9O9SY-. The number of unbranched alkanes of at least 4 members (excludes halogenated alkanes) is 1. The largest absolute Gasteiger partial charge is 0.389 e. The number of imidazole rings is 1. The van der Waals surface area contributed by atoms with Crippen LogP contribution >= 0.6 is 11.8 Å². The molecule has 4 rings (SSSR count). The van der Waals surface area contributed by atoms with Gasteiger partial charge in [0.25, 0.3) is 5.91 Å². The van der Waals surface area contributed by atoms with E-state index in [1.165, 1.54) is 6.33 Å². The van der Waals surface area contributed by atoms with Gasteiger partial charge in [-0.2, -0.15) is 11.8 Å². The second kappa shape index (κ2) is 24.2. The molecular weight excluding hydrogens is 799 g/mol. The molecule has 7 amide bonds. The Bertz CT molecular complexity index is 1380. The minimum absolute atomic E-state index is 0. The van der Waals surface area contributed by atoms with Gasteiger partial charge in [-0.1, -0.05) is 32.8 Å². The summed E-state index contributed by atoms with van der Waals surface area (Å²) in [6.07, 6.45) is 7.01. The molecule has 8 N–H and O–H groups in total. The number of anilines is 1. The van der Waals surface area contributed by atoms with Crippen LogP contribution < -0.4 is 37.6 Å². The Morgan fingerprint density at radius 3 is 2.37 bits per heavy atom. The molecule has 0 unspecified atom stereocenters. The van der Waals surface area contributed by atoms with E-state index >= 15 is 0 Å². The molecule has 0 bridgehead atoms. The molecule has 0 saturated carbocycles. The van der Waals surface area contributed by atoms with E-state index in [0.29, 0.717) is 64.4 Å². The third-order valence-electron chi connectivity index (χ3n) is 9.04. The summed E-state index contributed by atoms with van der Waals surface area (Å²) in [6.45, 7) is 8.59. The summed E-state index contributed by atoms with van der Waals surface area (Å²) in [6, 6.07) is -1.02. The number of fused-ring (bicyclic) bond motifs is 1. The second-order valence-corrected chi connectivity index (χ2v) is 14.6. The standard InChI is InChI=1S/C34H56N9O9S.Y/c1-4-23-17-21(2)32(52-23)43-20-38-29(30(43)42-33(35)47)31(46)39-22(3)18-27(45)37-10-12-50-14-16-51-15-13-49-11-9-36-26(44)8-6-5-7-25-28-24(19-53-25)40-34(48)41-28;/h17,20-25,28,32H,4-16,18-19H2,1-3H3,(H,36,44)(H,37,45)(H,39,46)(H3,35,42,47)(H2,40,41,48);/q-1;/t21-,22-,23+,24+,25-,28+,32+;/m0./s1. The number of urea groups is 2. The minimum atomic E-state index is -0.844. The van der Waals surface area contributed by atoms with Gasteiger partial charge in [-0.15, -0.1) is 5.92 Å². The van der Waals surface area contributed by atoms with Gasteiger partial charge in [-0.3, -0.25) is 30.7 Å². The number of aromatic nitrogens is 2. The molecule has 3 fully saturated rings. The molecule has 1 radical (unpaired) electrons. The molecule has 4 heterocycles. The van der Waals surface area contributed by atoms with Crippen LogP contribution in [-0.2, 0) is 61.2 Å². The average molecular weight is 856 g/mol. The van der Waals surface area contributed by atoms with Crippen molar-refractivity contribution < 1.29 is 75.6 Å². The summed E-state index contributed by atoms with van der Waals surface area (Å²) in [5, 5.41) is 17.2.